The molecule has 0 amide bonds. The van der Waals surface area contributed by atoms with E-state index in [1.54, 1.807) is 30.3 Å². The van der Waals surface area contributed by atoms with Gasteiger partial charge in [-0.3, -0.25) is 9.79 Å². The molecule has 0 spiro atoms. The first-order valence-electron chi connectivity index (χ1n) is 5.18. The number of halogens is 4. The van der Waals surface area contributed by atoms with Crippen LogP contribution in [-0.4, -0.2) is 24.3 Å². The van der Waals surface area contributed by atoms with Crippen LogP contribution < -0.4 is 0 Å². The lowest BCUT2D eigenvalue weighted by Gasteiger charge is -2.05. The number of alkyl halides is 4. The number of benzene rings is 1. The Kier molecular flexibility index (Phi) is 5.48. The van der Waals surface area contributed by atoms with E-state index in [2.05, 4.69) is 4.99 Å². The third kappa shape index (κ3) is 4.65. The average molecular weight is 261 g/mol. The fourth-order valence-electron chi connectivity index (χ4n) is 1.29. The Bertz CT molecular complexity index is 417. The Morgan fingerprint density at radius 3 is 2.22 bits per heavy atom. The second-order valence-electron chi connectivity index (χ2n) is 3.51. The minimum absolute atomic E-state index is 0.0681. The monoisotopic (exact) mass is 261 g/mol. The van der Waals surface area contributed by atoms with E-state index in [0.717, 1.165) is 0 Å². The van der Waals surface area contributed by atoms with E-state index >= 15 is 0 Å². The SMILES string of the molecule is O=C(C(CC(F)F)=NCc1ccccc1)C(F)F. The van der Waals surface area contributed by atoms with Crippen LogP contribution in [0.5, 0.6) is 0 Å². The van der Waals surface area contributed by atoms with Gasteiger partial charge in [0.1, 0.15) is 0 Å². The number of ketones is 1. The van der Waals surface area contributed by atoms with Crippen LogP contribution in [0.15, 0.2) is 35.3 Å². The van der Waals surface area contributed by atoms with Gasteiger partial charge in [-0.25, -0.2) is 17.6 Å². The summed E-state index contributed by atoms with van der Waals surface area (Å²) in [4.78, 5) is 14.5. The average Bonchev–Trinajstić information content (AvgIpc) is 2.34. The Morgan fingerprint density at radius 1 is 1.11 bits per heavy atom. The van der Waals surface area contributed by atoms with Crippen molar-refractivity contribution in [3.8, 4) is 0 Å². The number of rotatable bonds is 6. The lowest BCUT2D eigenvalue weighted by atomic mass is 10.1. The van der Waals surface area contributed by atoms with Gasteiger partial charge in [0.05, 0.1) is 18.7 Å². The fraction of sp³-hybridized carbons (Fsp3) is 0.333. The molecule has 18 heavy (non-hydrogen) atoms. The molecule has 0 bridgehead atoms. The van der Waals surface area contributed by atoms with Gasteiger partial charge in [-0.05, 0) is 5.56 Å². The molecule has 2 nitrogen and oxygen atoms in total. The summed E-state index contributed by atoms with van der Waals surface area (Å²) in [6.07, 6.45) is -7.23. The molecular formula is C12H11F4NO. The number of carbonyl (C=O) groups is 1. The van der Waals surface area contributed by atoms with Gasteiger partial charge in [-0.2, -0.15) is 0 Å². The molecule has 0 aliphatic rings. The third-order valence-electron chi connectivity index (χ3n) is 2.13. The standard InChI is InChI=1S/C12H11F4NO/c13-10(14)6-9(11(18)12(15)16)17-7-8-4-2-1-3-5-8/h1-5,10,12H,6-7H2. The normalized spacial score (nSPS) is 12.2. The number of nitrogens with zero attached hydrogens (tertiary/aromatic N) is 1. The first-order chi connectivity index (χ1) is 8.50. The Morgan fingerprint density at radius 2 is 1.72 bits per heavy atom. The molecule has 0 saturated heterocycles. The van der Waals surface area contributed by atoms with Gasteiger partial charge in [0, 0.05) is 0 Å². The van der Waals surface area contributed by atoms with Crippen LogP contribution in [0.3, 0.4) is 0 Å². The molecule has 0 aliphatic carbocycles. The number of hydrogen-bond acceptors (Lipinski definition) is 2. The smallest absolute Gasteiger partial charge is 0.286 e. The maximum absolute atomic E-state index is 12.2. The van der Waals surface area contributed by atoms with E-state index in [9.17, 15) is 22.4 Å². The number of hydrogen-bond donors (Lipinski definition) is 0. The van der Waals surface area contributed by atoms with Gasteiger partial charge >= 0.3 is 6.43 Å². The third-order valence-corrected chi connectivity index (χ3v) is 2.13. The predicted octanol–water partition coefficient (Wildman–Crippen LogP) is 3.12. The predicted molar refractivity (Wildman–Crippen MR) is 59.2 cm³/mol. The first kappa shape index (κ1) is 14.3. The number of aliphatic imine (C=N–C) groups is 1. The van der Waals surface area contributed by atoms with E-state index in [1.165, 1.54) is 0 Å². The van der Waals surface area contributed by atoms with Crippen molar-refractivity contribution < 1.29 is 22.4 Å². The molecule has 98 valence electrons. The van der Waals surface area contributed by atoms with Crippen LogP contribution in [-0.2, 0) is 11.3 Å². The molecule has 0 saturated carbocycles. The molecule has 0 aliphatic heterocycles. The van der Waals surface area contributed by atoms with Gasteiger partial charge in [0.2, 0.25) is 12.2 Å². The molecule has 1 rings (SSSR count). The van der Waals surface area contributed by atoms with Crippen molar-refractivity contribution in [1.29, 1.82) is 0 Å². The molecule has 0 unspecified atom stereocenters. The minimum atomic E-state index is -3.31. The molecule has 0 heterocycles. The molecule has 0 aromatic heterocycles. The van der Waals surface area contributed by atoms with E-state index in [1.807, 2.05) is 0 Å². The van der Waals surface area contributed by atoms with Crippen molar-refractivity contribution in [3.63, 3.8) is 0 Å². The van der Waals surface area contributed by atoms with Crippen molar-refractivity contribution in [2.24, 2.45) is 4.99 Å². The first-order valence-corrected chi connectivity index (χ1v) is 5.18. The zero-order chi connectivity index (χ0) is 13.5. The van der Waals surface area contributed by atoms with Crippen molar-refractivity contribution in [2.75, 3.05) is 0 Å². The van der Waals surface area contributed by atoms with Crippen LogP contribution in [0.25, 0.3) is 0 Å². The van der Waals surface area contributed by atoms with E-state index in [4.69, 9.17) is 0 Å². The molecule has 0 atom stereocenters. The molecule has 1 aromatic rings. The van der Waals surface area contributed by atoms with Crippen LogP contribution in [0.4, 0.5) is 17.6 Å². The number of carbonyl (C=O) groups excluding carboxylic acids is 1. The van der Waals surface area contributed by atoms with Crippen LogP contribution >= 0.6 is 0 Å². The van der Waals surface area contributed by atoms with Gasteiger partial charge in [0.15, 0.2) is 0 Å². The largest absolute Gasteiger partial charge is 0.301 e. The Hall–Kier alpha value is -1.72. The summed E-state index contributed by atoms with van der Waals surface area (Å²) in [7, 11) is 0. The molecule has 6 heteroatoms. The Balaban J connectivity index is 2.79. The summed E-state index contributed by atoms with van der Waals surface area (Å²) < 4.78 is 48.7. The van der Waals surface area contributed by atoms with Crippen molar-refractivity contribution in [1.82, 2.24) is 0 Å². The molecular weight excluding hydrogens is 250 g/mol. The zero-order valence-electron chi connectivity index (χ0n) is 9.32. The lowest BCUT2D eigenvalue weighted by Crippen LogP contribution is -2.24. The maximum atomic E-state index is 12.2. The highest BCUT2D eigenvalue weighted by atomic mass is 19.3. The fourth-order valence-corrected chi connectivity index (χ4v) is 1.29. The van der Waals surface area contributed by atoms with Crippen LogP contribution in [0.1, 0.15) is 12.0 Å². The highest BCUT2D eigenvalue weighted by Gasteiger charge is 2.24. The molecule has 0 N–H and O–H groups in total. The maximum Gasteiger partial charge on any atom is 0.301 e. The second-order valence-corrected chi connectivity index (χ2v) is 3.51. The van der Waals surface area contributed by atoms with Crippen molar-refractivity contribution in [2.45, 2.75) is 25.8 Å². The topological polar surface area (TPSA) is 29.4 Å². The molecule has 0 radical (unpaired) electrons. The van der Waals surface area contributed by atoms with Gasteiger partial charge in [-0.1, -0.05) is 30.3 Å². The van der Waals surface area contributed by atoms with Gasteiger partial charge in [0.25, 0.3) is 0 Å². The van der Waals surface area contributed by atoms with Crippen LogP contribution in [0, 0.1) is 0 Å². The zero-order valence-corrected chi connectivity index (χ0v) is 9.32. The summed E-state index contributed by atoms with van der Waals surface area (Å²) in [5, 5.41) is 0. The lowest BCUT2D eigenvalue weighted by molar-refractivity contribution is -0.122. The summed E-state index contributed by atoms with van der Waals surface area (Å²) in [5.41, 5.74) is -0.102. The van der Waals surface area contributed by atoms with Gasteiger partial charge in [-0.15, -0.1) is 0 Å². The summed E-state index contributed by atoms with van der Waals surface area (Å²) in [6, 6.07) is 8.48. The van der Waals surface area contributed by atoms with E-state index in [0.29, 0.717) is 5.56 Å². The summed E-state index contributed by atoms with van der Waals surface area (Å²) in [5.74, 6) is -1.63. The van der Waals surface area contributed by atoms with Crippen LogP contribution in [0.2, 0.25) is 0 Å². The summed E-state index contributed by atoms with van der Waals surface area (Å²) in [6.45, 7) is -0.0681. The van der Waals surface area contributed by atoms with E-state index in [-0.39, 0.29) is 6.54 Å². The van der Waals surface area contributed by atoms with Gasteiger partial charge < -0.3 is 0 Å². The van der Waals surface area contributed by atoms with E-state index < -0.39 is 30.8 Å². The second kappa shape index (κ2) is 6.88. The minimum Gasteiger partial charge on any atom is -0.286 e. The number of Topliss-reactive ketones (excluding diaryl/α,β-unsaturated/α-hetero) is 1. The Labute approximate surface area is 101 Å². The summed E-state index contributed by atoms with van der Waals surface area (Å²) >= 11 is 0. The van der Waals surface area contributed by atoms with Crippen molar-refractivity contribution in [3.05, 3.63) is 35.9 Å². The molecule has 1 aromatic carbocycles. The highest BCUT2D eigenvalue weighted by molar-refractivity contribution is 6.41. The molecule has 0 fully saturated rings. The van der Waals surface area contributed by atoms with Crippen molar-refractivity contribution >= 4 is 11.5 Å². The highest BCUT2D eigenvalue weighted by Crippen LogP contribution is 2.09. The quantitative estimate of drug-likeness (QED) is 0.571.